The largest absolute Gasteiger partial charge is 0.339 e. The molecule has 168 valence electrons. The number of nitrogens with zero attached hydrogens (tertiary/aromatic N) is 4. The first-order valence-corrected chi connectivity index (χ1v) is 12.1. The van der Waals surface area contributed by atoms with Gasteiger partial charge in [-0.2, -0.15) is 0 Å². The normalized spacial score (nSPS) is 15.8. The van der Waals surface area contributed by atoms with Gasteiger partial charge in [-0.15, -0.1) is 0 Å². The quantitative estimate of drug-likeness (QED) is 0.426. The van der Waals surface area contributed by atoms with E-state index in [0.29, 0.717) is 22.6 Å². The van der Waals surface area contributed by atoms with Crippen LogP contribution in [0.25, 0.3) is 10.9 Å². The number of aromatic nitrogens is 2. The molecule has 1 unspecified atom stereocenters. The lowest BCUT2D eigenvalue weighted by Crippen LogP contribution is -2.50. The monoisotopic (exact) mass is 450 g/mol. The second-order valence-corrected chi connectivity index (χ2v) is 9.62. The van der Waals surface area contributed by atoms with Crippen molar-refractivity contribution in [2.24, 2.45) is 0 Å². The van der Waals surface area contributed by atoms with E-state index in [-0.39, 0.29) is 16.7 Å². The third-order valence-electron chi connectivity index (χ3n) is 6.05. The molecule has 0 saturated carbocycles. The highest BCUT2D eigenvalue weighted by molar-refractivity contribution is 8.00. The Labute approximate surface area is 193 Å². The highest BCUT2D eigenvalue weighted by Crippen LogP contribution is 2.25. The SMILES string of the molecule is CCN1CCN(C(=O)C(C)Sc2nc3ccccc3c(=O)n2Cc2ccc(C)cc2)CC1. The summed E-state index contributed by atoms with van der Waals surface area (Å²) in [4.78, 5) is 35.6. The predicted octanol–water partition coefficient (Wildman–Crippen LogP) is 3.40. The van der Waals surface area contributed by atoms with Crippen molar-refractivity contribution in [3.63, 3.8) is 0 Å². The molecule has 0 bridgehead atoms. The van der Waals surface area contributed by atoms with Crippen LogP contribution in [0.4, 0.5) is 0 Å². The lowest BCUT2D eigenvalue weighted by atomic mass is 10.1. The molecule has 1 amide bonds. The topological polar surface area (TPSA) is 58.4 Å². The van der Waals surface area contributed by atoms with Gasteiger partial charge in [-0.3, -0.25) is 14.2 Å². The van der Waals surface area contributed by atoms with Crippen LogP contribution in [-0.2, 0) is 11.3 Å². The molecule has 1 saturated heterocycles. The second kappa shape index (κ2) is 9.88. The van der Waals surface area contributed by atoms with Gasteiger partial charge < -0.3 is 9.80 Å². The smallest absolute Gasteiger partial charge is 0.262 e. The molecule has 6 nitrogen and oxygen atoms in total. The lowest BCUT2D eigenvalue weighted by Gasteiger charge is -2.35. The number of hydrogen-bond acceptors (Lipinski definition) is 5. The summed E-state index contributed by atoms with van der Waals surface area (Å²) >= 11 is 1.38. The number of rotatable bonds is 6. The number of piperazine rings is 1. The van der Waals surface area contributed by atoms with Gasteiger partial charge in [-0.25, -0.2) is 4.98 Å². The Morgan fingerprint density at radius 2 is 1.75 bits per heavy atom. The van der Waals surface area contributed by atoms with E-state index in [9.17, 15) is 9.59 Å². The van der Waals surface area contributed by atoms with Gasteiger partial charge in [0.05, 0.1) is 22.7 Å². The lowest BCUT2D eigenvalue weighted by molar-refractivity contribution is -0.132. The van der Waals surface area contributed by atoms with Crippen LogP contribution in [0.5, 0.6) is 0 Å². The number of likely N-dealkylation sites (N-methyl/N-ethyl adjacent to an activating group) is 1. The molecule has 2 aromatic carbocycles. The molecule has 7 heteroatoms. The number of para-hydroxylation sites is 1. The molecule has 0 aliphatic carbocycles. The van der Waals surface area contributed by atoms with Gasteiger partial charge >= 0.3 is 0 Å². The molecule has 3 aromatic rings. The average Bonchev–Trinajstić information content (AvgIpc) is 2.82. The highest BCUT2D eigenvalue weighted by Gasteiger charge is 2.26. The number of amides is 1. The molecule has 4 rings (SSSR count). The van der Waals surface area contributed by atoms with Crippen molar-refractivity contribution in [3.8, 4) is 0 Å². The maximum atomic E-state index is 13.4. The summed E-state index contributed by atoms with van der Waals surface area (Å²) in [6.07, 6.45) is 0. The van der Waals surface area contributed by atoms with Gasteiger partial charge in [-0.1, -0.05) is 60.6 Å². The molecule has 1 fully saturated rings. The van der Waals surface area contributed by atoms with E-state index in [4.69, 9.17) is 4.98 Å². The van der Waals surface area contributed by atoms with Crippen LogP contribution in [0.3, 0.4) is 0 Å². The van der Waals surface area contributed by atoms with E-state index in [1.165, 1.54) is 17.3 Å². The number of carbonyl (C=O) groups is 1. The summed E-state index contributed by atoms with van der Waals surface area (Å²) in [6, 6.07) is 15.6. The standard InChI is InChI=1S/C25H30N4O2S/c1-4-27-13-15-28(16-14-27)23(30)19(3)32-25-26-22-8-6-5-7-21(22)24(31)29(25)17-20-11-9-18(2)10-12-20/h5-12,19H,4,13-17H2,1-3H3. The number of aryl methyl sites for hydroxylation is 1. The van der Waals surface area contributed by atoms with Gasteiger partial charge in [0.1, 0.15) is 0 Å². The van der Waals surface area contributed by atoms with E-state index in [1.807, 2.05) is 67.3 Å². The fourth-order valence-electron chi connectivity index (χ4n) is 4.00. The summed E-state index contributed by atoms with van der Waals surface area (Å²) in [5, 5.41) is 0.862. The Morgan fingerprint density at radius 3 is 2.44 bits per heavy atom. The number of thioether (sulfide) groups is 1. The molecule has 1 aliphatic rings. The summed E-state index contributed by atoms with van der Waals surface area (Å²) < 4.78 is 1.70. The van der Waals surface area contributed by atoms with Gasteiger partial charge in [-0.05, 0) is 38.1 Å². The van der Waals surface area contributed by atoms with E-state index in [1.54, 1.807) is 4.57 Å². The zero-order valence-electron chi connectivity index (χ0n) is 19.0. The van der Waals surface area contributed by atoms with Crippen molar-refractivity contribution in [2.45, 2.75) is 37.7 Å². The zero-order chi connectivity index (χ0) is 22.7. The Kier molecular flexibility index (Phi) is 6.96. The van der Waals surface area contributed by atoms with E-state index >= 15 is 0 Å². The Bertz CT molecular complexity index is 1150. The fraction of sp³-hybridized carbons (Fsp3) is 0.400. The van der Waals surface area contributed by atoms with Crippen molar-refractivity contribution in [1.29, 1.82) is 0 Å². The first-order chi connectivity index (χ1) is 15.5. The molecule has 0 radical (unpaired) electrons. The minimum Gasteiger partial charge on any atom is -0.339 e. The fourth-order valence-corrected chi connectivity index (χ4v) is 5.00. The molecule has 32 heavy (non-hydrogen) atoms. The zero-order valence-corrected chi connectivity index (χ0v) is 19.8. The van der Waals surface area contributed by atoms with E-state index in [0.717, 1.165) is 38.3 Å². The average molecular weight is 451 g/mol. The molecule has 0 spiro atoms. The molecule has 2 heterocycles. The van der Waals surface area contributed by atoms with Crippen molar-refractivity contribution in [1.82, 2.24) is 19.4 Å². The summed E-state index contributed by atoms with van der Waals surface area (Å²) in [7, 11) is 0. The van der Waals surface area contributed by atoms with Crippen LogP contribution in [-0.4, -0.2) is 63.2 Å². The Hall–Kier alpha value is -2.64. The minimum atomic E-state index is -0.319. The van der Waals surface area contributed by atoms with Crippen LogP contribution in [0.2, 0.25) is 0 Å². The van der Waals surface area contributed by atoms with Crippen LogP contribution >= 0.6 is 11.8 Å². The number of carbonyl (C=O) groups excluding carboxylic acids is 1. The van der Waals surface area contributed by atoms with Crippen molar-refractivity contribution in [2.75, 3.05) is 32.7 Å². The molecule has 0 N–H and O–H groups in total. The maximum Gasteiger partial charge on any atom is 0.262 e. The number of hydrogen-bond donors (Lipinski definition) is 0. The number of benzene rings is 2. The Balaban J connectivity index is 1.62. The predicted molar refractivity (Wildman–Crippen MR) is 130 cm³/mol. The summed E-state index contributed by atoms with van der Waals surface area (Å²) in [5.74, 6) is 0.107. The van der Waals surface area contributed by atoms with E-state index < -0.39 is 0 Å². The van der Waals surface area contributed by atoms with Crippen molar-refractivity contribution >= 4 is 28.6 Å². The molecular weight excluding hydrogens is 420 g/mol. The molecule has 1 atom stereocenters. The van der Waals surface area contributed by atoms with Crippen LogP contribution < -0.4 is 5.56 Å². The van der Waals surface area contributed by atoms with Crippen LogP contribution in [0, 0.1) is 6.92 Å². The molecule has 1 aliphatic heterocycles. The minimum absolute atomic E-state index is 0.0742. The number of fused-ring (bicyclic) bond motifs is 1. The molecule has 1 aromatic heterocycles. The first kappa shape index (κ1) is 22.6. The van der Waals surface area contributed by atoms with Gasteiger partial charge in [0.25, 0.3) is 5.56 Å². The third-order valence-corrected chi connectivity index (χ3v) is 7.13. The van der Waals surface area contributed by atoms with Gasteiger partial charge in [0.15, 0.2) is 5.16 Å². The highest BCUT2D eigenvalue weighted by atomic mass is 32.2. The van der Waals surface area contributed by atoms with Gasteiger partial charge in [0, 0.05) is 26.2 Å². The van der Waals surface area contributed by atoms with Crippen molar-refractivity contribution in [3.05, 3.63) is 70.0 Å². The Morgan fingerprint density at radius 1 is 1.06 bits per heavy atom. The second-order valence-electron chi connectivity index (χ2n) is 8.31. The van der Waals surface area contributed by atoms with E-state index in [2.05, 4.69) is 11.8 Å². The van der Waals surface area contributed by atoms with Crippen LogP contribution in [0.1, 0.15) is 25.0 Å². The summed E-state index contributed by atoms with van der Waals surface area (Å²) in [6.45, 7) is 10.9. The summed E-state index contributed by atoms with van der Waals surface area (Å²) in [5.41, 5.74) is 2.80. The maximum absolute atomic E-state index is 13.4. The molecular formula is C25H30N4O2S. The van der Waals surface area contributed by atoms with Crippen molar-refractivity contribution < 1.29 is 4.79 Å². The van der Waals surface area contributed by atoms with Crippen LogP contribution in [0.15, 0.2) is 58.5 Å². The van der Waals surface area contributed by atoms with Gasteiger partial charge in [0.2, 0.25) is 5.91 Å². The third kappa shape index (κ3) is 4.89. The first-order valence-electron chi connectivity index (χ1n) is 11.2.